The van der Waals surface area contributed by atoms with Gasteiger partial charge in [-0.3, -0.25) is 0 Å². The van der Waals surface area contributed by atoms with E-state index in [0.29, 0.717) is 25.3 Å². The zero-order chi connectivity index (χ0) is 16.5. The summed E-state index contributed by atoms with van der Waals surface area (Å²) in [6.07, 6.45) is 0. The zero-order valence-electron chi connectivity index (χ0n) is 13.1. The first-order valence-electron chi connectivity index (χ1n) is 7.42. The molecule has 0 atom stereocenters. The van der Waals surface area contributed by atoms with Gasteiger partial charge in [0.25, 0.3) is 0 Å². The van der Waals surface area contributed by atoms with Gasteiger partial charge in [0, 0.05) is 20.2 Å². The summed E-state index contributed by atoms with van der Waals surface area (Å²) in [7, 11) is 1.65. The first kappa shape index (κ1) is 17.0. The highest BCUT2D eigenvalue weighted by Crippen LogP contribution is 2.12. The first-order valence-corrected chi connectivity index (χ1v) is 7.42. The van der Waals surface area contributed by atoms with Crippen LogP contribution in [0.5, 0.6) is 5.75 Å². The summed E-state index contributed by atoms with van der Waals surface area (Å²) in [5, 5.41) is 12.2. The highest BCUT2D eigenvalue weighted by Gasteiger charge is 2.01. The van der Waals surface area contributed by atoms with Crippen molar-refractivity contribution >= 4 is 5.97 Å². The third-order valence-corrected chi connectivity index (χ3v) is 3.34. The number of nitrogens with one attached hydrogen (secondary N) is 1. The van der Waals surface area contributed by atoms with Gasteiger partial charge in [-0.25, -0.2) is 4.79 Å². The molecule has 0 spiro atoms. The van der Waals surface area contributed by atoms with Crippen molar-refractivity contribution in [1.82, 2.24) is 5.32 Å². The van der Waals surface area contributed by atoms with E-state index >= 15 is 0 Å². The van der Waals surface area contributed by atoms with Crippen molar-refractivity contribution in [1.29, 1.82) is 0 Å². The molecule has 0 fully saturated rings. The summed E-state index contributed by atoms with van der Waals surface area (Å²) >= 11 is 0. The lowest BCUT2D eigenvalue weighted by Crippen LogP contribution is -2.12. The van der Waals surface area contributed by atoms with E-state index in [4.69, 9.17) is 14.6 Å². The number of rotatable bonds is 9. The SMILES string of the molecule is COCCOc1ccc(CNCc2ccc(C(=O)O)cc2)cc1. The van der Waals surface area contributed by atoms with E-state index in [1.54, 1.807) is 19.2 Å². The molecule has 0 unspecified atom stereocenters. The lowest BCUT2D eigenvalue weighted by Gasteiger charge is -2.08. The predicted molar refractivity (Wildman–Crippen MR) is 87.8 cm³/mol. The van der Waals surface area contributed by atoms with Crippen LogP contribution in [0.25, 0.3) is 0 Å². The Hall–Kier alpha value is -2.37. The quantitative estimate of drug-likeness (QED) is 0.696. The number of carboxylic acid groups (broad SMARTS) is 1. The Morgan fingerprint density at radius 3 is 2.04 bits per heavy atom. The van der Waals surface area contributed by atoms with Crippen LogP contribution >= 0.6 is 0 Å². The number of aromatic carboxylic acids is 1. The highest BCUT2D eigenvalue weighted by molar-refractivity contribution is 5.87. The Labute approximate surface area is 135 Å². The van der Waals surface area contributed by atoms with Gasteiger partial charge >= 0.3 is 5.97 Å². The summed E-state index contributed by atoms with van der Waals surface area (Å²) in [6.45, 7) is 2.54. The van der Waals surface area contributed by atoms with E-state index in [9.17, 15) is 4.79 Å². The van der Waals surface area contributed by atoms with Crippen LogP contribution in [-0.4, -0.2) is 31.4 Å². The molecule has 122 valence electrons. The van der Waals surface area contributed by atoms with Crippen LogP contribution < -0.4 is 10.1 Å². The fraction of sp³-hybridized carbons (Fsp3) is 0.278. The summed E-state index contributed by atoms with van der Waals surface area (Å²) in [5.41, 5.74) is 2.51. The van der Waals surface area contributed by atoms with Gasteiger partial charge in [0.05, 0.1) is 12.2 Å². The number of hydrogen-bond donors (Lipinski definition) is 2. The normalized spacial score (nSPS) is 10.5. The molecule has 0 aliphatic heterocycles. The number of carboxylic acids is 1. The molecule has 2 aromatic rings. The van der Waals surface area contributed by atoms with Crippen LogP contribution in [0.3, 0.4) is 0 Å². The summed E-state index contributed by atoms with van der Waals surface area (Å²) in [6, 6.07) is 14.8. The molecule has 23 heavy (non-hydrogen) atoms. The third-order valence-electron chi connectivity index (χ3n) is 3.34. The number of hydrogen-bond acceptors (Lipinski definition) is 4. The fourth-order valence-electron chi connectivity index (χ4n) is 2.06. The van der Waals surface area contributed by atoms with Gasteiger partial charge in [-0.05, 0) is 35.4 Å². The molecule has 2 aromatic carbocycles. The molecule has 5 heteroatoms. The average Bonchev–Trinajstić information content (AvgIpc) is 2.57. The van der Waals surface area contributed by atoms with Gasteiger partial charge in [-0.1, -0.05) is 24.3 Å². The van der Waals surface area contributed by atoms with E-state index in [-0.39, 0.29) is 0 Å². The molecule has 0 saturated heterocycles. The van der Waals surface area contributed by atoms with Crippen molar-refractivity contribution in [2.24, 2.45) is 0 Å². The van der Waals surface area contributed by atoms with Gasteiger partial charge in [0.15, 0.2) is 0 Å². The number of benzene rings is 2. The summed E-state index contributed by atoms with van der Waals surface area (Å²) in [4.78, 5) is 10.8. The Morgan fingerprint density at radius 2 is 1.52 bits per heavy atom. The summed E-state index contributed by atoms with van der Waals surface area (Å²) < 4.78 is 10.4. The zero-order valence-corrected chi connectivity index (χ0v) is 13.1. The third kappa shape index (κ3) is 5.73. The Balaban J connectivity index is 1.76. The van der Waals surface area contributed by atoms with Crippen molar-refractivity contribution in [2.75, 3.05) is 20.3 Å². The van der Waals surface area contributed by atoms with E-state index in [0.717, 1.165) is 23.4 Å². The number of carbonyl (C=O) groups is 1. The second kappa shape index (κ2) is 8.92. The standard InChI is InChI=1S/C18H21NO4/c1-22-10-11-23-17-8-4-15(5-9-17)13-19-12-14-2-6-16(7-3-14)18(20)21/h2-9,19H,10-13H2,1H3,(H,20,21). The Bertz CT molecular complexity index is 608. The van der Waals surface area contributed by atoms with Crippen LogP contribution in [-0.2, 0) is 17.8 Å². The van der Waals surface area contributed by atoms with Gasteiger partial charge in [-0.2, -0.15) is 0 Å². The van der Waals surface area contributed by atoms with Crippen molar-refractivity contribution in [3.8, 4) is 5.75 Å². The Kier molecular flexibility index (Phi) is 6.59. The van der Waals surface area contributed by atoms with E-state index < -0.39 is 5.97 Å². The van der Waals surface area contributed by atoms with Crippen molar-refractivity contribution in [3.05, 3.63) is 65.2 Å². The minimum atomic E-state index is -0.905. The molecular formula is C18H21NO4. The van der Waals surface area contributed by atoms with Gasteiger partial charge in [-0.15, -0.1) is 0 Å². The predicted octanol–water partition coefficient (Wildman–Crippen LogP) is 2.70. The minimum Gasteiger partial charge on any atom is -0.491 e. The molecule has 0 aliphatic carbocycles. The van der Waals surface area contributed by atoms with E-state index in [1.165, 1.54) is 0 Å². The average molecular weight is 315 g/mol. The molecule has 0 aliphatic rings. The van der Waals surface area contributed by atoms with Crippen LogP contribution in [0.1, 0.15) is 21.5 Å². The van der Waals surface area contributed by atoms with Crippen molar-refractivity contribution in [2.45, 2.75) is 13.1 Å². The van der Waals surface area contributed by atoms with Crippen LogP contribution in [0.2, 0.25) is 0 Å². The molecule has 2 N–H and O–H groups in total. The maximum absolute atomic E-state index is 10.8. The lowest BCUT2D eigenvalue weighted by molar-refractivity contribution is 0.0697. The molecule has 0 heterocycles. The molecule has 0 bridgehead atoms. The lowest BCUT2D eigenvalue weighted by atomic mass is 10.1. The highest BCUT2D eigenvalue weighted by atomic mass is 16.5. The van der Waals surface area contributed by atoms with Crippen LogP contribution in [0.15, 0.2) is 48.5 Å². The molecule has 0 saturated carbocycles. The van der Waals surface area contributed by atoms with Crippen LogP contribution in [0.4, 0.5) is 0 Å². The molecular weight excluding hydrogens is 294 g/mol. The summed E-state index contributed by atoms with van der Waals surface area (Å²) in [5.74, 6) is -0.0765. The number of methoxy groups -OCH3 is 1. The number of ether oxygens (including phenoxy) is 2. The van der Waals surface area contributed by atoms with Crippen LogP contribution in [0, 0.1) is 0 Å². The fourth-order valence-corrected chi connectivity index (χ4v) is 2.06. The Morgan fingerprint density at radius 1 is 0.957 bits per heavy atom. The molecule has 2 rings (SSSR count). The molecule has 0 aromatic heterocycles. The second-order valence-corrected chi connectivity index (χ2v) is 5.09. The van der Waals surface area contributed by atoms with Gasteiger partial charge in [0.1, 0.15) is 12.4 Å². The second-order valence-electron chi connectivity index (χ2n) is 5.09. The smallest absolute Gasteiger partial charge is 0.335 e. The van der Waals surface area contributed by atoms with E-state index in [1.807, 2.05) is 36.4 Å². The van der Waals surface area contributed by atoms with E-state index in [2.05, 4.69) is 5.32 Å². The molecule has 0 amide bonds. The van der Waals surface area contributed by atoms with Crippen molar-refractivity contribution < 1.29 is 19.4 Å². The first-order chi connectivity index (χ1) is 11.2. The van der Waals surface area contributed by atoms with Gasteiger partial charge in [0.2, 0.25) is 0 Å². The minimum absolute atomic E-state index is 0.304. The molecule has 0 radical (unpaired) electrons. The monoisotopic (exact) mass is 315 g/mol. The van der Waals surface area contributed by atoms with Gasteiger partial charge < -0.3 is 19.9 Å². The topological polar surface area (TPSA) is 67.8 Å². The maximum atomic E-state index is 10.8. The van der Waals surface area contributed by atoms with Crippen molar-refractivity contribution in [3.63, 3.8) is 0 Å². The largest absolute Gasteiger partial charge is 0.491 e. The maximum Gasteiger partial charge on any atom is 0.335 e. The molecule has 5 nitrogen and oxygen atoms in total.